The number of carbonyl (C=O) groups is 1. The molecule has 0 heterocycles. The summed E-state index contributed by atoms with van der Waals surface area (Å²) in [4.78, 5) is 11.0. The number of carboxylic acid groups (broad SMARTS) is 1. The number of allylic oxidation sites excluding steroid dienone is 2. The molecule has 0 radical (unpaired) electrons. The Kier molecular flexibility index (Phi) is 11.7. The van der Waals surface area contributed by atoms with Crippen molar-refractivity contribution in [2.45, 2.75) is 78.6 Å². The first-order chi connectivity index (χ1) is 9.09. The van der Waals surface area contributed by atoms with Crippen molar-refractivity contribution in [1.82, 2.24) is 0 Å². The molecule has 0 aliphatic heterocycles. The average Bonchev–Trinajstić information content (AvgIpc) is 2.35. The molecule has 0 aromatic heterocycles. The highest BCUT2D eigenvalue weighted by molar-refractivity contribution is 5.70. The van der Waals surface area contributed by atoms with Gasteiger partial charge in [-0.3, -0.25) is 4.79 Å². The van der Waals surface area contributed by atoms with E-state index in [4.69, 9.17) is 5.11 Å². The third kappa shape index (κ3) is 10.8. The fourth-order valence-corrected chi connectivity index (χ4v) is 2.28. The second-order valence-corrected chi connectivity index (χ2v) is 5.79. The second-order valence-electron chi connectivity index (χ2n) is 5.79. The van der Waals surface area contributed by atoms with Gasteiger partial charge in [0, 0.05) is 0 Å². The maximum absolute atomic E-state index is 11.0. The van der Waals surface area contributed by atoms with Crippen molar-refractivity contribution in [2.75, 3.05) is 0 Å². The van der Waals surface area contributed by atoms with E-state index in [0.29, 0.717) is 0 Å². The molecule has 0 bridgehead atoms. The first kappa shape index (κ1) is 18.2. The van der Waals surface area contributed by atoms with Crippen LogP contribution in [0.5, 0.6) is 0 Å². The molecule has 0 aromatic carbocycles. The van der Waals surface area contributed by atoms with E-state index < -0.39 is 5.97 Å². The smallest absolute Gasteiger partial charge is 0.306 e. The van der Waals surface area contributed by atoms with E-state index in [1.165, 1.54) is 44.9 Å². The monoisotopic (exact) mass is 268 g/mol. The van der Waals surface area contributed by atoms with E-state index in [1.807, 2.05) is 13.8 Å². The highest BCUT2D eigenvalue weighted by Crippen LogP contribution is 2.19. The Hall–Kier alpha value is -0.790. The van der Waals surface area contributed by atoms with Crippen LogP contribution in [0.15, 0.2) is 12.2 Å². The molecule has 2 heteroatoms. The molecule has 112 valence electrons. The molecule has 0 amide bonds. The number of hydrogen-bond donors (Lipinski definition) is 1. The Morgan fingerprint density at radius 3 is 2.11 bits per heavy atom. The summed E-state index contributed by atoms with van der Waals surface area (Å²) in [6.45, 7) is 6.22. The van der Waals surface area contributed by atoms with Crippen LogP contribution in [0.2, 0.25) is 0 Å². The van der Waals surface area contributed by atoms with Gasteiger partial charge in [-0.1, -0.05) is 65.0 Å². The summed E-state index contributed by atoms with van der Waals surface area (Å²) in [6.07, 6.45) is 15.1. The molecule has 0 rings (SSSR count). The molecule has 0 fully saturated rings. The van der Waals surface area contributed by atoms with Crippen molar-refractivity contribution in [1.29, 1.82) is 0 Å². The fraction of sp³-hybridized carbons (Fsp3) is 0.824. The maximum Gasteiger partial charge on any atom is 0.306 e. The number of rotatable bonds is 12. The summed E-state index contributed by atoms with van der Waals surface area (Å²) < 4.78 is 0. The van der Waals surface area contributed by atoms with Crippen LogP contribution in [0.25, 0.3) is 0 Å². The zero-order valence-corrected chi connectivity index (χ0v) is 13.0. The van der Waals surface area contributed by atoms with Crippen LogP contribution in [-0.2, 0) is 4.79 Å². The van der Waals surface area contributed by atoms with E-state index in [2.05, 4.69) is 19.1 Å². The Balaban J connectivity index is 3.44. The van der Waals surface area contributed by atoms with Gasteiger partial charge < -0.3 is 5.11 Å². The van der Waals surface area contributed by atoms with Gasteiger partial charge in [0.1, 0.15) is 0 Å². The van der Waals surface area contributed by atoms with Crippen molar-refractivity contribution < 1.29 is 9.90 Å². The number of aliphatic carboxylic acids is 1. The lowest BCUT2D eigenvalue weighted by atomic mass is 9.90. The van der Waals surface area contributed by atoms with Crippen LogP contribution in [0.1, 0.15) is 78.6 Å². The summed E-state index contributed by atoms with van der Waals surface area (Å²) in [5.41, 5.74) is 0. The lowest BCUT2D eigenvalue weighted by Crippen LogP contribution is -2.19. The molecule has 0 aliphatic rings. The average molecular weight is 268 g/mol. The highest BCUT2D eigenvalue weighted by atomic mass is 16.4. The summed E-state index contributed by atoms with van der Waals surface area (Å²) in [5.74, 6) is -0.540. The van der Waals surface area contributed by atoms with E-state index in [9.17, 15) is 4.79 Å². The Morgan fingerprint density at radius 2 is 1.58 bits per heavy atom. The Bertz CT molecular complexity index is 244. The van der Waals surface area contributed by atoms with Crippen molar-refractivity contribution in [3.05, 3.63) is 12.2 Å². The molecule has 0 aromatic rings. The summed E-state index contributed by atoms with van der Waals surface area (Å²) in [6, 6.07) is 0. The van der Waals surface area contributed by atoms with Crippen LogP contribution < -0.4 is 0 Å². The first-order valence-corrected chi connectivity index (χ1v) is 7.97. The SMILES string of the molecule is CCCC/C=C\CCCCCCC(C(=O)O)C(C)C. The number of unbranched alkanes of at least 4 members (excludes halogenated alkanes) is 6. The molecule has 2 nitrogen and oxygen atoms in total. The highest BCUT2D eigenvalue weighted by Gasteiger charge is 2.20. The van der Waals surface area contributed by atoms with Crippen LogP contribution in [0.4, 0.5) is 0 Å². The minimum absolute atomic E-state index is 0.158. The molecular weight excluding hydrogens is 236 g/mol. The van der Waals surface area contributed by atoms with Crippen LogP contribution in [0.3, 0.4) is 0 Å². The molecule has 0 aliphatic carbocycles. The van der Waals surface area contributed by atoms with Gasteiger partial charge in [-0.2, -0.15) is 0 Å². The van der Waals surface area contributed by atoms with Gasteiger partial charge in [-0.15, -0.1) is 0 Å². The van der Waals surface area contributed by atoms with Gasteiger partial charge in [0.2, 0.25) is 0 Å². The third-order valence-corrected chi connectivity index (χ3v) is 3.65. The molecule has 1 N–H and O–H groups in total. The molecule has 0 saturated carbocycles. The Labute approximate surface area is 119 Å². The van der Waals surface area contributed by atoms with E-state index in [0.717, 1.165) is 12.8 Å². The molecule has 0 saturated heterocycles. The van der Waals surface area contributed by atoms with Gasteiger partial charge in [-0.25, -0.2) is 0 Å². The Morgan fingerprint density at radius 1 is 1.00 bits per heavy atom. The zero-order chi connectivity index (χ0) is 14.5. The normalized spacial score (nSPS) is 13.3. The van der Waals surface area contributed by atoms with Crippen LogP contribution >= 0.6 is 0 Å². The van der Waals surface area contributed by atoms with E-state index in [-0.39, 0.29) is 11.8 Å². The zero-order valence-electron chi connectivity index (χ0n) is 13.0. The first-order valence-electron chi connectivity index (χ1n) is 7.97. The predicted molar refractivity (Wildman–Crippen MR) is 82.3 cm³/mol. The van der Waals surface area contributed by atoms with Crippen LogP contribution in [0, 0.1) is 11.8 Å². The summed E-state index contributed by atoms with van der Waals surface area (Å²) in [5, 5.41) is 9.08. The van der Waals surface area contributed by atoms with E-state index in [1.54, 1.807) is 0 Å². The van der Waals surface area contributed by atoms with Crippen LogP contribution in [-0.4, -0.2) is 11.1 Å². The summed E-state index contributed by atoms with van der Waals surface area (Å²) >= 11 is 0. The van der Waals surface area contributed by atoms with Gasteiger partial charge >= 0.3 is 5.97 Å². The summed E-state index contributed by atoms with van der Waals surface area (Å²) in [7, 11) is 0. The fourth-order valence-electron chi connectivity index (χ4n) is 2.28. The third-order valence-electron chi connectivity index (χ3n) is 3.65. The lowest BCUT2D eigenvalue weighted by Gasteiger charge is -2.15. The molecular formula is C17H32O2. The molecule has 0 spiro atoms. The minimum atomic E-state index is -0.631. The van der Waals surface area contributed by atoms with Crippen molar-refractivity contribution in [3.63, 3.8) is 0 Å². The van der Waals surface area contributed by atoms with Crippen molar-refractivity contribution in [3.8, 4) is 0 Å². The van der Waals surface area contributed by atoms with Gasteiger partial charge in [0.15, 0.2) is 0 Å². The number of carboxylic acids is 1. The van der Waals surface area contributed by atoms with E-state index >= 15 is 0 Å². The van der Waals surface area contributed by atoms with Crippen molar-refractivity contribution in [2.24, 2.45) is 11.8 Å². The van der Waals surface area contributed by atoms with Gasteiger partial charge in [-0.05, 0) is 31.6 Å². The maximum atomic E-state index is 11.0. The quantitative estimate of drug-likeness (QED) is 0.378. The lowest BCUT2D eigenvalue weighted by molar-refractivity contribution is -0.143. The predicted octanol–water partition coefficient (Wildman–Crippen LogP) is 5.43. The van der Waals surface area contributed by atoms with Crippen molar-refractivity contribution >= 4 is 5.97 Å². The largest absolute Gasteiger partial charge is 0.481 e. The minimum Gasteiger partial charge on any atom is -0.481 e. The molecule has 1 atom stereocenters. The second kappa shape index (κ2) is 12.3. The number of hydrogen-bond acceptors (Lipinski definition) is 1. The van der Waals surface area contributed by atoms with Gasteiger partial charge in [0.25, 0.3) is 0 Å². The topological polar surface area (TPSA) is 37.3 Å². The molecule has 19 heavy (non-hydrogen) atoms. The standard InChI is InChI=1S/C17H32O2/c1-4-5-6-7-8-9-10-11-12-13-14-16(15(2)3)17(18)19/h7-8,15-16H,4-6,9-14H2,1-3H3,(H,18,19)/b8-7-. The molecule has 1 unspecified atom stereocenters. The van der Waals surface area contributed by atoms with Gasteiger partial charge in [0.05, 0.1) is 5.92 Å².